The van der Waals surface area contributed by atoms with Gasteiger partial charge in [-0.25, -0.2) is 0 Å². The van der Waals surface area contributed by atoms with Crippen LogP contribution in [0.25, 0.3) is 16.7 Å². The molecular formula is C17H17N5. The number of para-hydroxylation sites is 1. The van der Waals surface area contributed by atoms with Crippen molar-refractivity contribution in [2.24, 2.45) is 0 Å². The zero-order valence-corrected chi connectivity index (χ0v) is 12.7. The Hall–Kier alpha value is -2.95. The Labute approximate surface area is 128 Å². The molecule has 0 atom stereocenters. The molecule has 0 spiro atoms. The van der Waals surface area contributed by atoms with Crippen LogP contribution in [0, 0.1) is 6.92 Å². The van der Waals surface area contributed by atoms with Gasteiger partial charge in [0.1, 0.15) is 12.1 Å². The lowest BCUT2D eigenvalue weighted by atomic mass is 10.1. The van der Waals surface area contributed by atoms with E-state index in [1.54, 1.807) is 18.5 Å². The van der Waals surface area contributed by atoms with Crippen LogP contribution in [0.5, 0.6) is 0 Å². The number of hydrogen-bond acceptors (Lipinski definition) is 4. The lowest BCUT2D eigenvalue weighted by Crippen LogP contribution is -2.17. The van der Waals surface area contributed by atoms with Crippen molar-refractivity contribution in [3.8, 4) is 0 Å². The van der Waals surface area contributed by atoms with Gasteiger partial charge in [-0.05, 0) is 30.7 Å². The lowest BCUT2D eigenvalue weighted by Gasteiger charge is -2.21. The highest BCUT2D eigenvalue weighted by atomic mass is 15.3. The van der Waals surface area contributed by atoms with Gasteiger partial charge in [0.25, 0.3) is 5.78 Å². The summed E-state index contributed by atoms with van der Waals surface area (Å²) in [7, 11) is 1.95. The molecule has 1 aromatic carbocycles. The number of aromatic nitrogens is 4. The van der Waals surface area contributed by atoms with Gasteiger partial charge in [0, 0.05) is 18.1 Å². The van der Waals surface area contributed by atoms with Gasteiger partial charge in [-0.2, -0.15) is 4.98 Å². The molecule has 0 fully saturated rings. The van der Waals surface area contributed by atoms with Crippen LogP contribution in [0.3, 0.4) is 0 Å². The van der Waals surface area contributed by atoms with Crippen molar-refractivity contribution in [1.82, 2.24) is 19.6 Å². The van der Waals surface area contributed by atoms with E-state index >= 15 is 0 Å². The fourth-order valence-corrected chi connectivity index (χ4v) is 2.59. The van der Waals surface area contributed by atoms with Crippen molar-refractivity contribution in [3.05, 3.63) is 67.2 Å². The van der Waals surface area contributed by atoms with Gasteiger partial charge in [-0.1, -0.05) is 31.4 Å². The van der Waals surface area contributed by atoms with E-state index in [2.05, 4.69) is 47.4 Å². The van der Waals surface area contributed by atoms with Crippen LogP contribution in [0.4, 0.5) is 5.82 Å². The Balaban J connectivity index is 2.37. The van der Waals surface area contributed by atoms with E-state index in [1.165, 1.54) is 0 Å². The van der Waals surface area contributed by atoms with Crippen molar-refractivity contribution in [3.63, 3.8) is 0 Å². The van der Waals surface area contributed by atoms with E-state index in [0.717, 1.165) is 28.0 Å². The molecule has 2 heterocycles. The van der Waals surface area contributed by atoms with E-state index < -0.39 is 0 Å². The highest BCUT2D eigenvalue weighted by molar-refractivity contribution is 5.94. The number of benzene rings is 1. The second-order valence-electron chi connectivity index (χ2n) is 5.00. The number of anilines is 1. The molecule has 0 N–H and O–H groups in total. The smallest absolute Gasteiger partial charge is 0.257 e. The predicted molar refractivity (Wildman–Crippen MR) is 89.9 cm³/mol. The van der Waals surface area contributed by atoms with Gasteiger partial charge in [0.2, 0.25) is 0 Å². The number of hydrogen-bond donors (Lipinski definition) is 0. The molecule has 0 saturated carbocycles. The Morgan fingerprint density at radius 1 is 1.32 bits per heavy atom. The molecule has 0 unspecified atom stereocenters. The molecule has 3 aromatic rings. The van der Waals surface area contributed by atoms with Crippen LogP contribution in [0.2, 0.25) is 0 Å². The van der Waals surface area contributed by atoms with Crippen LogP contribution in [0.1, 0.15) is 5.56 Å². The first-order valence-electron chi connectivity index (χ1n) is 6.95. The summed E-state index contributed by atoms with van der Waals surface area (Å²) in [6, 6.07) is 6.15. The summed E-state index contributed by atoms with van der Waals surface area (Å²) < 4.78 is 1.91. The third-order valence-electron chi connectivity index (χ3n) is 3.66. The number of allylic oxidation sites excluding steroid dienone is 3. The average molecular weight is 291 g/mol. The first-order valence-corrected chi connectivity index (χ1v) is 6.95. The summed E-state index contributed by atoms with van der Waals surface area (Å²) >= 11 is 0. The van der Waals surface area contributed by atoms with Crippen LogP contribution < -0.4 is 4.90 Å². The highest BCUT2D eigenvalue weighted by Gasteiger charge is 2.15. The number of rotatable bonds is 4. The quantitative estimate of drug-likeness (QED) is 0.692. The summed E-state index contributed by atoms with van der Waals surface area (Å²) in [5.74, 6) is 1.39. The van der Waals surface area contributed by atoms with Crippen LogP contribution in [-0.4, -0.2) is 26.6 Å². The second kappa shape index (κ2) is 5.44. The Kier molecular flexibility index (Phi) is 3.47. The molecule has 0 bridgehead atoms. The zero-order chi connectivity index (χ0) is 15.7. The molecule has 0 amide bonds. The monoisotopic (exact) mass is 291 g/mol. The highest BCUT2D eigenvalue weighted by Crippen LogP contribution is 2.29. The minimum Gasteiger partial charge on any atom is -0.329 e. The van der Waals surface area contributed by atoms with E-state index in [1.807, 2.05) is 28.5 Å². The van der Waals surface area contributed by atoms with Crippen LogP contribution >= 0.6 is 0 Å². The summed E-state index contributed by atoms with van der Waals surface area (Å²) in [5.41, 5.74) is 3.11. The normalized spacial score (nSPS) is 11.8. The van der Waals surface area contributed by atoms with Gasteiger partial charge in [0.15, 0.2) is 0 Å². The molecule has 110 valence electrons. The largest absolute Gasteiger partial charge is 0.329 e. The van der Waals surface area contributed by atoms with E-state index in [-0.39, 0.29) is 0 Å². The molecule has 0 saturated heterocycles. The zero-order valence-electron chi connectivity index (χ0n) is 12.7. The minimum absolute atomic E-state index is 0.575. The predicted octanol–water partition coefficient (Wildman–Crippen LogP) is 3.28. The van der Waals surface area contributed by atoms with E-state index in [9.17, 15) is 0 Å². The number of aryl methyl sites for hydroxylation is 1. The Morgan fingerprint density at radius 2 is 2.14 bits per heavy atom. The second-order valence-corrected chi connectivity index (χ2v) is 5.00. The molecule has 2 aromatic heterocycles. The number of likely N-dealkylation sites (N-methyl/N-ethyl adjacent to an activating group) is 1. The van der Waals surface area contributed by atoms with Gasteiger partial charge < -0.3 is 4.90 Å². The molecule has 3 rings (SSSR count). The van der Waals surface area contributed by atoms with Gasteiger partial charge in [0.05, 0.1) is 5.52 Å². The third kappa shape index (κ3) is 2.07. The van der Waals surface area contributed by atoms with E-state index in [0.29, 0.717) is 5.78 Å². The van der Waals surface area contributed by atoms with Crippen molar-refractivity contribution in [2.75, 3.05) is 11.9 Å². The molecule has 5 heteroatoms. The molecule has 0 aliphatic heterocycles. The molecule has 0 aliphatic carbocycles. The van der Waals surface area contributed by atoms with Crippen molar-refractivity contribution in [1.29, 1.82) is 0 Å². The summed E-state index contributed by atoms with van der Waals surface area (Å²) in [5, 5.41) is 9.10. The van der Waals surface area contributed by atoms with Crippen molar-refractivity contribution < 1.29 is 0 Å². The first kappa shape index (κ1) is 14.0. The fraction of sp³-hybridized carbons (Fsp3) is 0.118. The van der Waals surface area contributed by atoms with Gasteiger partial charge in [-0.15, -0.1) is 10.2 Å². The fourth-order valence-electron chi connectivity index (χ4n) is 2.59. The Morgan fingerprint density at radius 3 is 2.86 bits per heavy atom. The maximum atomic E-state index is 4.65. The SMILES string of the molecule is C=C/C=C(\C=C)N(C)c1nc2nncn2c2c(C)cccc12. The summed E-state index contributed by atoms with van der Waals surface area (Å²) in [6.45, 7) is 9.67. The van der Waals surface area contributed by atoms with Gasteiger partial charge >= 0.3 is 0 Å². The number of nitrogens with zero attached hydrogens (tertiary/aromatic N) is 5. The first-order chi connectivity index (χ1) is 10.7. The number of fused-ring (bicyclic) bond motifs is 3. The Bertz CT molecular complexity index is 904. The van der Waals surface area contributed by atoms with Crippen LogP contribution in [0.15, 0.2) is 61.6 Å². The standard InChI is InChI=1S/C17H17N5/c1-5-8-13(6-2)21(4)16-14-10-7-9-12(3)15(14)22-11-18-20-17(22)19-16/h5-11H,1-2H2,3-4H3/b13-8+. The molecule has 0 aliphatic rings. The van der Waals surface area contributed by atoms with Crippen molar-refractivity contribution >= 4 is 22.5 Å². The minimum atomic E-state index is 0.575. The molecule has 5 nitrogen and oxygen atoms in total. The maximum absolute atomic E-state index is 4.65. The summed E-state index contributed by atoms with van der Waals surface area (Å²) in [6.07, 6.45) is 7.09. The van der Waals surface area contributed by atoms with Gasteiger partial charge in [-0.3, -0.25) is 4.40 Å². The summed E-state index contributed by atoms with van der Waals surface area (Å²) in [4.78, 5) is 6.63. The molecule has 0 radical (unpaired) electrons. The van der Waals surface area contributed by atoms with Crippen LogP contribution in [-0.2, 0) is 0 Å². The van der Waals surface area contributed by atoms with E-state index in [4.69, 9.17) is 0 Å². The van der Waals surface area contributed by atoms with Crippen molar-refractivity contribution in [2.45, 2.75) is 6.92 Å². The topological polar surface area (TPSA) is 46.3 Å². The third-order valence-corrected chi connectivity index (χ3v) is 3.66. The molecular weight excluding hydrogens is 274 g/mol. The maximum Gasteiger partial charge on any atom is 0.257 e. The lowest BCUT2D eigenvalue weighted by molar-refractivity contribution is 1.06. The molecule has 22 heavy (non-hydrogen) atoms. The average Bonchev–Trinajstić information content (AvgIpc) is 2.99.